The average Bonchev–Trinajstić information content (AvgIpc) is 2.05. The van der Waals surface area contributed by atoms with Crippen molar-refractivity contribution in [1.29, 1.82) is 0 Å². The van der Waals surface area contributed by atoms with Gasteiger partial charge < -0.3 is 10.0 Å². The minimum atomic E-state index is -1.26. The first-order chi connectivity index (χ1) is 5.54. The molecule has 0 aliphatic heterocycles. The molecule has 0 spiro atoms. The molecule has 0 aromatic rings. The third-order valence-electron chi connectivity index (χ3n) is 1.57. The molecule has 0 aromatic carbocycles. The number of carboxylic acids is 1. The van der Waals surface area contributed by atoms with E-state index in [1.807, 2.05) is 0 Å². The van der Waals surface area contributed by atoms with E-state index in [0.717, 1.165) is 0 Å². The van der Waals surface area contributed by atoms with Crippen molar-refractivity contribution in [3.05, 3.63) is 12.2 Å². The molecule has 0 heterocycles. The highest BCUT2D eigenvalue weighted by atomic mass is 16.4. The molecule has 1 amide bonds. The van der Waals surface area contributed by atoms with Crippen molar-refractivity contribution in [3.8, 4) is 0 Å². The van der Waals surface area contributed by atoms with Gasteiger partial charge in [0.2, 0.25) is 0 Å². The molecule has 0 rings (SSSR count). The van der Waals surface area contributed by atoms with Crippen LogP contribution in [-0.4, -0.2) is 35.0 Å². The van der Waals surface area contributed by atoms with Crippen molar-refractivity contribution in [2.75, 3.05) is 13.1 Å². The monoisotopic (exact) mass is 171 g/mol. The highest BCUT2D eigenvalue weighted by Crippen LogP contribution is 1.98. The molecule has 68 valence electrons. The molecule has 0 aliphatic carbocycles. The Kier molecular flexibility index (Phi) is 4.04. The number of amides is 1. The Hall–Kier alpha value is -1.32. The van der Waals surface area contributed by atoms with Gasteiger partial charge in [0.1, 0.15) is 5.57 Å². The summed E-state index contributed by atoms with van der Waals surface area (Å²) in [6.45, 7) is 7.76. The van der Waals surface area contributed by atoms with Crippen LogP contribution < -0.4 is 0 Å². The number of likely N-dealkylation sites (N-methyl/N-ethyl adjacent to an activating group) is 1. The number of rotatable bonds is 4. The average molecular weight is 171 g/mol. The Labute approximate surface area is 71.5 Å². The first-order valence-electron chi connectivity index (χ1n) is 3.76. The van der Waals surface area contributed by atoms with E-state index in [1.165, 1.54) is 4.90 Å². The summed E-state index contributed by atoms with van der Waals surface area (Å²) in [4.78, 5) is 22.9. The standard InChI is InChI=1S/C8H13NO3/c1-4-9(5-2)7(10)6(3)8(11)12/h3-5H2,1-2H3,(H,11,12). The normalized spacial score (nSPS) is 9.17. The van der Waals surface area contributed by atoms with Gasteiger partial charge in [0.05, 0.1) is 0 Å². The zero-order chi connectivity index (χ0) is 9.72. The molecule has 12 heavy (non-hydrogen) atoms. The molecule has 0 unspecified atom stereocenters. The Morgan fingerprint density at radius 1 is 1.33 bits per heavy atom. The minimum absolute atomic E-state index is 0.376. The Morgan fingerprint density at radius 2 is 1.75 bits per heavy atom. The largest absolute Gasteiger partial charge is 0.478 e. The quantitative estimate of drug-likeness (QED) is 0.380. The fourth-order valence-electron chi connectivity index (χ4n) is 0.793. The molecule has 0 atom stereocenters. The lowest BCUT2D eigenvalue weighted by atomic mass is 10.2. The van der Waals surface area contributed by atoms with Gasteiger partial charge >= 0.3 is 5.97 Å². The van der Waals surface area contributed by atoms with Crippen LogP contribution in [0.2, 0.25) is 0 Å². The second-order valence-corrected chi connectivity index (χ2v) is 2.26. The predicted molar refractivity (Wildman–Crippen MR) is 44.7 cm³/mol. The first kappa shape index (κ1) is 10.7. The summed E-state index contributed by atoms with van der Waals surface area (Å²) in [7, 11) is 0. The van der Waals surface area contributed by atoms with Crippen LogP contribution in [0.4, 0.5) is 0 Å². The molecule has 0 saturated carbocycles. The topological polar surface area (TPSA) is 57.6 Å². The van der Waals surface area contributed by atoms with E-state index in [0.29, 0.717) is 13.1 Å². The molecular formula is C8H13NO3. The van der Waals surface area contributed by atoms with Crippen molar-refractivity contribution in [3.63, 3.8) is 0 Å². The van der Waals surface area contributed by atoms with Gasteiger partial charge in [0.15, 0.2) is 0 Å². The number of carbonyl (C=O) groups is 2. The molecular weight excluding hydrogens is 158 g/mol. The summed E-state index contributed by atoms with van der Waals surface area (Å²) in [5, 5.41) is 8.45. The third-order valence-corrected chi connectivity index (χ3v) is 1.57. The Morgan fingerprint density at radius 3 is 2.00 bits per heavy atom. The predicted octanol–water partition coefficient (Wildman–Crippen LogP) is 0.496. The van der Waals surface area contributed by atoms with Crippen LogP contribution in [-0.2, 0) is 9.59 Å². The first-order valence-corrected chi connectivity index (χ1v) is 3.76. The van der Waals surface area contributed by atoms with Crippen molar-refractivity contribution >= 4 is 11.9 Å². The number of hydrogen-bond donors (Lipinski definition) is 1. The molecule has 0 radical (unpaired) electrons. The van der Waals surface area contributed by atoms with Crippen LogP contribution in [0.5, 0.6) is 0 Å². The van der Waals surface area contributed by atoms with E-state index in [4.69, 9.17) is 5.11 Å². The number of carbonyl (C=O) groups excluding carboxylic acids is 1. The summed E-state index contributed by atoms with van der Waals surface area (Å²) < 4.78 is 0. The number of hydrogen-bond acceptors (Lipinski definition) is 2. The summed E-state index contributed by atoms with van der Waals surface area (Å²) >= 11 is 0. The van der Waals surface area contributed by atoms with Crippen molar-refractivity contribution < 1.29 is 14.7 Å². The van der Waals surface area contributed by atoms with E-state index in [9.17, 15) is 9.59 Å². The molecule has 4 heteroatoms. The molecule has 0 aromatic heterocycles. The molecule has 0 aliphatic rings. The van der Waals surface area contributed by atoms with E-state index < -0.39 is 11.9 Å². The van der Waals surface area contributed by atoms with Gasteiger partial charge in [-0.2, -0.15) is 0 Å². The zero-order valence-corrected chi connectivity index (χ0v) is 7.33. The number of nitrogens with zero attached hydrogens (tertiary/aromatic N) is 1. The smallest absolute Gasteiger partial charge is 0.340 e. The second kappa shape index (κ2) is 4.54. The molecule has 0 fully saturated rings. The lowest BCUT2D eigenvalue weighted by Gasteiger charge is -2.17. The van der Waals surface area contributed by atoms with Crippen LogP contribution in [0.25, 0.3) is 0 Å². The van der Waals surface area contributed by atoms with Gasteiger partial charge in [-0.05, 0) is 13.8 Å². The molecule has 0 saturated heterocycles. The van der Waals surface area contributed by atoms with Gasteiger partial charge in [-0.25, -0.2) is 4.79 Å². The summed E-state index contributed by atoms with van der Waals surface area (Å²) in [5.41, 5.74) is -0.376. The van der Waals surface area contributed by atoms with Crippen LogP contribution in [0.15, 0.2) is 12.2 Å². The van der Waals surface area contributed by atoms with Crippen molar-refractivity contribution in [2.24, 2.45) is 0 Å². The highest BCUT2D eigenvalue weighted by molar-refractivity contribution is 6.14. The number of carboxylic acid groups (broad SMARTS) is 1. The maximum absolute atomic E-state index is 11.2. The summed E-state index contributed by atoms with van der Waals surface area (Å²) in [5.74, 6) is -1.76. The van der Waals surface area contributed by atoms with Gasteiger partial charge in [0.25, 0.3) is 5.91 Å². The van der Waals surface area contributed by atoms with Crippen LogP contribution in [0.3, 0.4) is 0 Å². The summed E-state index contributed by atoms with van der Waals surface area (Å²) in [6.07, 6.45) is 0. The van der Waals surface area contributed by atoms with E-state index in [1.54, 1.807) is 13.8 Å². The van der Waals surface area contributed by atoms with E-state index >= 15 is 0 Å². The SMILES string of the molecule is C=C(C(=O)O)C(=O)N(CC)CC. The Bertz CT molecular complexity index is 206. The maximum atomic E-state index is 11.2. The third kappa shape index (κ3) is 2.38. The van der Waals surface area contributed by atoms with Crippen molar-refractivity contribution in [2.45, 2.75) is 13.8 Å². The number of aliphatic carboxylic acids is 1. The lowest BCUT2D eigenvalue weighted by molar-refractivity contribution is -0.137. The molecule has 0 bridgehead atoms. The van der Waals surface area contributed by atoms with Gasteiger partial charge in [-0.15, -0.1) is 0 Å². The Balaban J connectivity index is 4.37. The van der Waals surface area contributed by atoms with Crippen LogP contribution >= 0.6 is 0 Å². The fourth-order valence-corrected chi connectivity index (χ4v) is 0.793. The van der Waals surface area contributed by atoms with Crippen LogP contribution in [0, 0.1) is 0 Å². The summed E-state index contributed by atoms with van der Waals surface area (Å²) in [6, 6.07) is 0. The molecule has 1 N–H and O–H groups in total. The van der Waals surface area contributed by atoms with E-state index in [-0.39, 0.29) is 5.57 Å². The second-order valence-electron chi connectivity index (χ2n) is 2.26. The highest BCUT2D eigenvalue weighted by Gasteiger charge is 2.18. The van der Waals surface area contributed by atoms with E-state index in [2.05, 4.69) is 6.58 Å². The zero-order valence-electron chi connectivity index (χ0n) is 7.33. The van der Waals surface area contributed by atoms with Crippen molar-refractivity contribution in [1.82, 2.24) is 4.90 Å². The minimum Gasteiger partial charge on any atom is -0.478 e. The van der Waals surface area contributed by atoms with Gasteiger partial charge in [-0.3, -0.25) is 4.79 Å². The maximum Gasteiger partial charge on any atom is 0.340 e. The lowest BCUT2D eigenvalue weighted by Crippen LogP contribution is -2.33. The van der Waals surface area contributed by atoms with Gasteiger partial charge in [0, 0.05) is 13.1 Å². The molecule has 4 nitrogen and oxygen atoms in total. The van der Waals surface area contributed by atoms with Crippen LogP contribution in [0.1, 0.15) is 13.8 Å². The fraction of sp³-hybridized carbons (Fsp3) is 0.500. The van der Waals surface area contributed by atoms with Gasteiger partial charge in [-0.1, -0.05) is 6.58 Å².